The van der Waals surface area contributed by atoms with Crippen LogP contribution in [0.2, 0.25) is 5.02 Å². The van der Waals surface area contributed by atoms with E-state index in [4.69, 9.17) is 25.8 Å². The summed E-state index contributed by atoms with van der Waals surface area (Å²) in [5, 5.41) is 3.51. The molecule has 146 valence electrons. The molecule has 0 radical (unpaired) electrons. The average Bonchev–Trinajstić information content (AvgIpc) is 2.71. The number of hydrogen-bond donors (Lipinski definition) is 1. The normalized spacial score (nSPS) is 10.6. The van der Waals surface area contributed by atoms with Crippen LogP contribution in [0.1, 0.15) is 0 Å². The van der Waals surface area contributed by atoms with Crippen molar-refractivity contribution in [2.45, 2.75) is 0 Å². The van der Waals surface area contributed by atoms with Crippen LogP contribution >= 0.6 is 11.6 Å². The molecule has 7 nitrogen and oxygen atoms in total. The zero-order valence-corrected chi connectivity index (χ0v) is 16.0. The smallest absolute Gasteiger partial charge is 0.179 e. The molecule has 1 N–H and O–H groups in total. The van der Waals surface area contributed by atoms with Crippen molar-refractivity contribution in [3.05, 3.63) is 53.7 Å². The third kappa shape index (κ3) is 4.65. The fraction of sp³-hybridized carbons (Fsp3) is 0.211. The lowest BCUT2D eigenvalue weighted by atomic mass is 10.2. The van der Waals surface area contributed by atoms with Crippen LogP contribution in [0.25, 0.3) is 11.4 Å². The summed E-state index contributed by atoms with van der Waals surface area (Å²) >= 11 is 5.98. The Morgan fingerprint density at radius 3 is 2.75 bits per heavy atom. The average molecular weight is 405 g/mol. The first-order valence-corrected chi connectivity index (χ1v) is 8.69. The molecule has 0 saturated heterocycles. The van der Waals surface area contributed by atoms with E-state index in [-0.39, 0.29) is 11.4 Å². The SMILES string of the molecule is COCCOc1cnccc1Nc1nc(-c2cc(Cl)ccc2F)ncc1OC. The van der Waals surface area contributed by atoms with E-state index in [9.17, 15) is 4.39 Å². The van der Waals surface area contributed by atoms with Crippen molar-refractivity contribution >= 4 is 23.1 Å². The predicted molar refractivity (Wildman–Crippen MR) is 104 cm³/mol. The third-order valence-electron chi connectivity index (χ3n) is 3.73. The maximum atomic E-state index is 14.2. The molecule has 0 fully saturated rings. The van der Waals surface area contributed by atoms with Gasteiger partial charge in [0, 0.05) is 18.3 Å². The van der Waals surface area contributed by atoms with Crippen molar-refractivity contribution in [1.82, 2.24) is 15.0 Å². The zero-order chi connectivity index (χ0) is 19.9. The quantitative estimate of drug-likeness (QED) is 0.566. The molecule has 0 aliphatic rings. The largest absolute Gasteiger partial charge is 0.491 e. The van der Waals surface area contributed by atoms with E-state index in [2.05, 4.69) is 20.3 Å². The van der Waals surface area contributed by atoms with Crippen LogP contribution in [0, 0.1) is 5.82 Å². The molecule has 0 aliphatic carbocycles. The van der Waals surface area contributed by atoms with Gasteiger partial charge in [-0.3, -0.25) is 4.98 Å². The Morgan fingerprint density at radius 1 is 1.11 bits per heavy atom. The highest BCUT2D eigenvalue weighted by Gasteiger charge is 2.15. The second kappa shape index (κ2) is 9.29. The number of nitrogens with one attached hydrogen (secondary N) is 1. The molecular weight excluding hydrogens is 387 g/mol. The number of halogens is 2. The van der Waals surface area contributed by atoms with Gasteiger partial charge in [0.1, 0.15) is 12.4 Å². The van der Waals surface area contributed by atoms with Gasteiger partial charge >= 0.3 is 0 Å². The van der Waals surface area contributed by atoms with Gasteiger partial charge in [-0.2, -0.15) is 0 Å². The molecule has 2 aromatic heterocycles. The molecule has 3 aromatic rings. The minimum atomic E-state index is -0.479. The summed E-state index contributed by atoms with van der Waals surface area (Å²) in [6.45, 7) is 0.792. The summed E-state index contributed by atoms with van der Waals surface area (Å²) in [6.07, 6.45) is 4.64. The fourth-order valence-electron chi connectivity index (χ4n) is 2.37. The Labute approximate surface area is 166 Å². The van der Waals surface area contributed by atoms with Crippen molar-refractivity contribution in [3.63, 3.8) is 0 Å². The van der Waals surface area contributed by atoms with Gasteiger partial charge in [0.15, 0.2) is 23.1 Å². The molecule has 3 rings (SSSR count). The van der Waals surface area contributed by atoms with E-state index in [1.165, 1.54) is 31.5 Å². The van der Waals surface area contributed by atoms with Gasteiger partial charge in [0.05, 0.1) is 37.4 Å². The number of aromatic nitrogens is 3. The summed E-state index contributed by atoms with van der Waals surface area (Å²) in [7, 11) is 3.08. The summed E-state index contributed by atoms with van der Waals surface area (Å²) in [5.74, 6) is 0.920. The second-order valence-corrected chi connectivity index (χ2v) is 6.01. The first-order chi connectivity index (χ1) is 13.6. The number of ether oxygens (including phenoxy) is 3. The molecular formula is C19H18ClFN4O3. The molecule has 28 heavy (non-hydrogen) atoms. The summed E-state index contributed by atoms with van der Waals surface area (Å²) in [4.78, 5) is 12.6. The van der Waals surface area contributed by atoms with Crippen molar-refractivity contribution in [2.24, 2.45) is 0 Å². The number of methoxy groups -OCH3 is 2. The molecule has 0 saturated carbocycles. The van der Waals surface area contributed by atoms with E-state index in [0.29, 0.717) is 41.2 Å². The summed E-state index contributed by atoms with van der Waals surface area (Å²) in [5.41, 5.74) is 0.796. The molecule has 9 heteroatoms. The maximum absolute atomic E-state index is 14.2. The van der Waals surface area contributed by atoms with Crippen molar-refractivity contribution in [3.8, 4) is 22.9 Å². The highest BCUT2D eigenvalue weighted by molar-refractivity contribution is 6.30. The molecule has 2 heterocycles. The minimum absolute atomic E-state index is 0.166. The van der Waals surface area contributed by atoms with E-state index in [0.717, 1.165) is 0 Å². The standard InChI is InChI=1S/C19H18ClFN4O3/c1-26-7-8-28-16-10-22-6-5-15(16)24-19-17(27-2)11-23-18(25-19)13-9-12(20)3-4-14(13)21/h3-6,9-11H,7-8H2,1-2H3,(H,22,23,24,25). The number of hydrogen-bond acceptors (Lipinski definition) is 7. The lowest BCUT2D eigenvalue weighted by Crippen LogP contribution is -2.07. The second-order valence-electron chi connectivity index (χ2n) is 5.57. The molecule has 0 atom stereocenters. The molecule has 1 aromatic carbocycles. The Bertz CT molecular complexity index is 958. The monoisotopic (exact) mass is 404 g/mol. The summed E-state index contributed by atoms with van der Waals surface area (Å²) < 4.78 is 30.2. The number of anilines is 2. The molecule has 0 spiro atoms. The fourth-order valence-corrected chi connectivity index (χ4v) is 2.54. The zero-order valence-electron chi connectivity index (χ0n) is 15.3. The lowest BCUT2D eigenvalue weighted by Gasteiger charge is -2.14. The van der Waals surface area contributed by atoms with Gasteiger partial charge in [0.2, 0.25) is 0 Å². The van der Waals surface area contributed by atoms with Crippen LogP contribution in [0.4, 0.5) is 15.9 Å². The van der Waals surface area contributed by atoms with Gasteiger partial charge in [-0.05, 0) is 24.3 Å². The van der Waals surface area contributed by atoms with E-state index >= 15 is 0 Å². The predicted octanol–water partition coefficient (Wildman–Crippen LogP) is 4.11. The van der Waals surface area contributed by atoms with Crippen LogP contribution in [0.3, 0.4) is 0 Å². The molecule has 0 bridgehead atoms. The van der Waals surface area contributed by atoms with Gasteiger partial charge in [0.25, 0.3) is 0 Å². The molecule has 0 unspecified atom stereocenters. The van der Waals surface area contributed by atoms with Crippen LogP contribution < -0.4 is 14.8 Å². The number of nitrogens with zero attached hydrogens (tertiary/aromatic N) is 3. The number of rotatable bonds is 8. The first-order valence-electron chi connectivity index (χ1n) is 8.31. The van der Waals surface area contributed by atoms with Gasteiger partial charge in [-0.15, -0.1) is 0 Å². The first kappa shape index (κ1) is 19.8. The van der Waals surface area contributed by atoms with E-state index < -0.39 is 5.82 Å². The highest BCUT2D eigenvalue weighted by Crippen LogP contribution is 2.32. The topological polar surface area (TPSA) is 78.4 Å². The van der Waals surface area contributed by atoms with Crippen LogP contribution in [-0.2, 0) is 4.74 Å². The lowest BCUT2D eigenvalue weighted by molar-refractivity contribution is 0.146. The Balaban J connectivity index is 1.95. The van der Waals surface area contributed by atoms with Crippen LogP contribution in [0.5, 0.6) is 11.5 Å². The molecule has 0 aliphatic heterocycles. The Hall–Kier alpha value is -2.97. The number of benzene rings is 1. The molecule has 0 amide bonds. The Morgan fingerprint density at radius 2 is 1.96 bits per heavy atom. The maximum Gasteiger partial charge on any atom is 0.179 e. The number of pyridine rings is 1. The Kier molecular flexibility index (Phi) is 6.57. The van der Waals surface area contributed by atoms with Gasteiger partial charge in [-0.1, -0.05) is 11.6 Å². The van der Waals surface area contributed by atoms with Crippen molar-refractivity contribution in [2.75, 3.05) is 32.8 Å². The van der Waals surface area contributed by atoms with E-state index in [1.807, 2.05) is 0 Å². The van der Waals surface area contributed by atoms with Crippen molar-refractivity contribution in [1.29, 1.82) is 0 Å². The third-order valence-corrected chi connectivity index (χ3v) is 3.96. The van der Waals surface area contributed by atoms with Crippen molar-refractivity contribution < 1.29 is 18.6 Å². The van der Waals surface area contributed by atoms with Crippen LogP contribution in [-0.4, -0.2) is 42.4 Å². The summed E-state index contributed by atoms with van der Waals surface area (Å²) in [6, 6.07) is 5.92. The highest BCUT2D eigenvalue weighted by atomic mass is 35.5. The van der Waals surface area contributed by atoms with Gasteiger partial charge < -0.3 is 19.5 Å². The van der Waals surface area contributed by atoms with E-state index in [1.54, 1.807) is 25.6 Å². The minimum Gasteiger partial charge on any atom is -0.491 e. The van der Waals surface area contributed by atoms with Crippen LogP contribution in [0.15, 0.2) is 42.9 Å². The van der Waals surface area contributed by atoms with Gasteiger partial charge in [-0.25, -0.2) is 14.4 Å².